The first-order valence-electron chi connectivity index (χ1n) is 6.29. The summed E-state index contributed by atoms with van der Waals surface area (Å²) in [6, 6.07) is -0.0482. The molecule has 2 fully saturated rings. The fourth-order valence-corrected chi connectivity index (χ4v) is 3.41. The van der Waals surface area contributed by atoms with Gasteiger partial charge in [-0.3, -0.25) is 9.59 Å². The van der Waals surface area contributed by atoms with E-state index in [0.29, 0.717) is 13.2 Å². The van der Waals surface area contributed by atoms with Crippen molar-refractivity contribution in [3.8, 4) is 0 Å². The van der Waals surface area contributed by atoms with Crippen LogP contribution < -0.4 is 0 Å². The van der Waals surface area contributed by atoms with Crippen molar-refractivity contribution in [1.82, 2.24) is 4.90 Å². The Morgan fingerprint density at radius 1 is 1.50 bits per heavy atom. The Bertz CT molecular complexity index is 317. The highest BCUT2D eigenvalue weighted by Gasteiger charge is 2.34. The summed E-state index contributed by atoms with van der Waals surface area (Å²) < 4.78 is 10.1. The summed E-state index contributed by atoms with van der Waals surface area (Å²) in [5, 5.41) is 0. The van der Waals surface area contributed by atoms with Gasteiger partial charge in [0.2, 0.25) is 0 Å². The monoisotopic (exact) mass is 273 g/mol. The number of thioether (sulfide) groups is 1. The van der Waals surface area contributed by atoms with Crippen molar-refractivity contribution in [2.45, 2.75) is 31.4 Å². The summed E-state index contributed by atoms with van der Waals surface area (Å²) in [5.41, 5.74) is 0. The van der Waals surface area contributed by atoms with Gasteiger partial charge < -0.3 is 14.4 Å². The van der Waals surface area contributed by atoms with Crippen molar-refractivity contribution in [1.29, 1.82) is 0 Å². The maximum absolute atomic E-state index is 12.3. The zero-order chi connectivity index (χ0) is 13.0. The van der Waals surface area contributed by atoms with E-state index in [1.54, 1.807) is 11.8 Å². The van der Waals surface area contributed by atoms with Crippen LogP contribution in [0, 0.1) is 0 Å². The first-order valence-corrected chi connectivity index (χ1v) is 7.44. The Hall–Kier alpha value is -0.750. The van der Waals surface area contributed by atoms with Gasteiger partial charge in [0.25, 0.3) is 5.91 Å². The first kappa shape index (κ1) is 13.7. The van der Waals surface area contributed by atoms with Crippen LogP contribution in [0.3, 0.4) is 0 Å². The van der Waals surface area contributed by atoms with E-state index in [1.165, 1.54) is 7.11 Å². The Labute approximate surface area is 111 Å². The molecule has 0 aromatic rings. The van der Waals surface area contributed by atoms with Crippen LogP contribution in [0.5, 0.6) is 0 Å². The predicted molar refractivity (Wildman–Crippen MR) is 68.4 cm³/mol. The van der Waals surface area contributed by atoms with Gasteiger partial charge in [-0.1, -0.05) is 0 Å². The molecule has 2 heterocycles. The highest BCUT2D eigenvalue weighted by atomic mass is 32.2. The van der Waals surface area contributed by atoms with Crippen LogP contribution in [-0.2, 0) is 19.1 Å². The molecule has 6 heteroatoms. The molecule has 2 saturated heterocycles. The number of carbonyl (C=O) groups is 2. The number of methoxy groups -OCH3 is 1. The van der Waals surface area contributed by atoms with E-state index in [-0.39, 0.29) is 30.4 Å². The number of hydrogen-bond donors (Lipinski definition) is 0. The Morgan fingerprint density at radius 3 is 3.00 bits per heavy atom. The van der Waals surface area contributed by atoms with Crippen molar-refractivity contribution in [3.63, 3.8) is 0 Å². The molecule has 0 radical (unpaired) electrons. The van der Waals surface area contributed by atoms with E-state index in [0.717, 1.165) is 24.3 Å². The lowest BCUT2D eigenvalue weighted by Gasteiger charge is -2.36. The van der Waals surface area contributed by atoms with Crippen molar-refractivity contribution in [3.05, 3.63) is 0 Å². The highest BCUT2D eigenvalue weighted by Crippen LogP contribution is 2.23. The molecule has 2 rings (SSSR count). The molecule has 0 spiro atoms. The van der Waals surface area contributed by atoms with Gasteiger partial charge in [0.1, 0.15) is 6.10 Å². The van der Waals surface area contributed by atoms with Crippen molar-refractivity contribution >= 4 is 23.6 Å². The van der Waals surface area contributed by atoms with Crippen molar-refractivity contribution in [2.24, 2.45) is 0 Å². The van der Waals surface area contributed by atoms with Gasteiger partial charge in [0.15, 0.2) is 0 Å². The standard InChI is InChI=1S/C12H19NO4S/c1-16-11(14)7-9-8-18-6-4-13(9)12(15)10-3-2-5-17-10/h9-10H,2-8H2,1H3/t9-,10-/m1/s1. The third kappa shape index (κ3) is 3.17. The Morgan fingerprint density at radius 2 is 2.33 bits per heavy atom. The van der Waals surface area contributed by atoms with Crippen LogP contribution in [-0.4, -0.2) is 60.7 Å². The predicted octanol–water partition coefficient (Wildman–Crippen LogP) is 0.672. The lowest BCUT2D eigenvalue weighted by Crippen LogP contribution is -2.50. The molecule has 0 bridgehead atoms. The third-order valence-corrected chi connectivity index (χ3v) is 4.44. The molecule has 1 amide bonds. The minimum Gasteiger partial charge on any atom is -0.469 e. The molecule has 2 atom stereocenters. The van der Waals surface area contributed by atoms with Crippen molar-refractivity contribution in [2.75, 3.05) is 31.8 Å². The molecule has 0 saturated carbocycles. The maximum atomic E-state index is 12.3. The molecule has 0 aromatic carbocycles. The van der Waals surface area contributed by atoms with E-state index in [2.05, 4.69) is 4.74 Å². The van der Waals surface area contributed by atoms with E-state index in [4.69, 9.17) is 4.74 Å². The average Bonchev–Trinajstić information content (AvgIpc) is 2.92. The zero-order valence-electron chi connectivity index (χ0n) is 10.6. The topological polar surface area (TPSA) is 55.8 Å². The quantitative estimate of drug-likeness (QED) is 0.708. The van der Waals surface area contributed by atoms with Crippen LogP contribution in [0.4, 0.5) is 0 Å². The normalized spacial score (nSPS) is 28.2. The lowest BCUT2D eigenvalue weighted by molar-refractivity contribution is -0.146. The van der Waals surface area contributed by atoms with Gasteiger partial charge in [-0.05, 0) is 12.8 Å². The van der Waals surface area contributed by atoms with E-state index in [1.807, 2.05) is 4.90 Å². The van der Waals surface area contributed by atoms with Crippen LogP contribution in [0.1, 0.15) is 19.3 Å². The average molecular weight is 273 g/mol. The number of esters is 1. The number of rotatable bonds is 3. The maximum Gasteiger partial charge on any atom is 0.307 e. The number of carbonyl (C=O) groups excluding carboxylic acids is 2. The van der Waals surface area contributed by atoms with Crippen LogP contribution in [0.15, 0.2) is 0 Å². The molecule has 102 valence electrons. The molecule has 2 aliphatic rings. The second-order valence-corrected chi connectivity index (χ2v) is 5.69. The largest absolute Gasteiger partial charge is 0.469 e. The molecule has 0 aromatic heterocycles. The number of nitrogens with zero attached hydrogens (tertiary/aromatic N) is 1. The van der Waals surface area contributed by atoms with Crippen LogP contribution in [0.2, 0.25) is 0 Å². The van der Waals surface area contributed by atoms with Crippen LogP contribution in [0.25, 0.3) is 0 Å². The van der Waals surface area contributed by atoms with Crippen LogP contribution >= 0.6 is 11.8 Å². The van der Waals surface area contributed by atoms with Gasteiger partial charge in [0.05, 0.1) is 19.6 Å². The summed E-state index contributed by atoms with van der Waals surface area (Å²) >= 11 is 1.78. The second kappa shape index (κ2) is 6.43. The van der Waals surface area contributed by atoms with Gasteiger partial charge >= 0.3 is 5.97 Å². The lowest BCUT2D eigenvalue weighted by atomic mass is 10.1. The van der Waals surface area contributed by atoms with E-state index >= 15 is 0 Å². The highest BCUT2D eigenvalue weighted by molar-refractivity contribution is 7.99. The number of hydrogen-bond acceptors (Lipinski definition) is 5. The molecule has 5 nitrogen and oxygen atoms in total. The minimum atomic E-state index is -0.298. The third-order valence-electron chi connectivity index (χ3n) is 3.35. The molecule has 0 unspecified atom stereocenters. The van der Waals surface area contributed by atoms with Gasteiger partial charge in [-0.25, -0.2) is 0 Å². The summed E-state index contributed by atoms with van der Waals surface area (Å²) in [5.74, 6) is 1.51. The summed E-state index contributed by atoms with van der Waals surface area (Å²) in [4.78, 5) is 25.5. The zero-order valence-corrected chi connectivity index (χ0v) is 11.4. The fourth-order valence-electron chi connectivity index (χ4n) is 2.35. The SMILES string of the molecule is COC(=O)C[C@@H]1CSCCN1C(=O)[C@H]1CCCO1. The van der Waals surface area contributed by atoms with Gasteiger partial charge in [0, 0.05) is 24.7 Å². The Kier molecular flexibility index (Phi) is 4.88. The van der Waals surface area contributed by atoms with E-state index in [9.17, 15) is 9.59 Å². The fraction of sp³-hybridized carbons (Fsp3) is 0.833. The summed E-state index contributed by atoms with van der Waals surface area (Å²) in [6.07, 6.45) is 1.73. The van der Waals surface area contributed by atoms with Gasteiger partial charge in [-0.2, -0.15) is 11.8 Å². The van der Waals surface area contributed by atoms with Gasteiger partial charge in [-0.15, -0.1) is 0 Å². The second-order valence-electron chi connectivity index (χ2n) is 4.54. The number of ether oxygens (including phenoxy) is 2. The molecule has 0 aliphatic carbocycles. The molecular formula is C12H19NO4S. The first-order chi connectivity index (χ1) is 8.72. The minimum absolute atomic E-state index is 0.0432. The van der Waals surface area contributed by atoms with E-state index < -0.39 is 0 Å². The van der Waals surface area contributed by atoms with Crippen molar-refractivity contribution < 1.29 is 19.1 Å². The summed E-state index contributed by atoms with van der Waals surface area (Å²) in [6.45, 7) is 1.37. The molecular weight excluding hydrogens is 254 g/mol. The Balaban J connectivity index is 1.97. The molecule has 18 heavy (non-hydrogen) atoms. The summed E-state index contributed by atoms with van der Waals surface area (Å²) in [7, 11) is 1.38. The molecule has 2 aliphatic heterocycles. The smallest absolute Gasteiger partial charge is 0.307 e. The molecule has 0 N–H and O–H groups in total. The number of amides is 1.